The fourth-order valence-corrected chi connectivity index (χ4v) is 0.423. The SMILES string of the molecule is C#CC(=C)[C@@H](C)C(C)O. The molecule has 50 valence electrons. The van der Waals surface area contributed by atoms with Crippen LogP contribution in [0.25, 0.3) is 0 Å². The van der Waals surface area contributed by atoms with E-state index in [0.29, 0.717) is 5.57 Å². The molecule has 1 nitrogen and oxygen atoms in total. The van der Waals surface area contributed by atoms with Gasteiger partial charge in [-0.2, -0.15) is 0 Å². The second-order valence-electron chi connectivity index (χ2n) is 2.20. The van der Waals surface area contributed by atoms with Crippen molar-refractivity contribution in [2.45, 2.75) is 20.0 Å². The fourth-order valence-electron chi connectivity index (χ4n) is 0.423. The van der Waals surface area contributed by atoms with Gasteiger partial charge < -0.3 is 5.11 Å². The summed E-state index contributed by atoms with van der Waals surface area (Å²) in [6.07, 6.45) is 4.66. The van der Waals surface area contributed by atoms with E-state index in [1.54, 1.807) is 6.92 Å². The molecule has 9 heavy (non-hydrogen) atoms. The van der Waals surface area contributed by atoms with Gasteiger partial charge in [0.25, 0.3) is 0 Å². The number of terminal acetylenes is 1. The van der Waals surface area contributed by atoms with Crippen molar-refractivity contribution in [3.05, 3.63) is 12.2 Å². The Labute approximate surface area is 56.4 Å². The molecule has 0 fully saturated rings. The Kier molecular flexibility index (Phi) is 3.05. The Balaban J connectivity index is 3.92. The summed E-state index contributed by atoms with van der Waals surface area (Å²) in [6, 6.07) is 0. The average Bonchev–Trinajstić information content (AvgIpc) is 1.84. The van der Waals surface area contributed by atoms with Gasteiger partial charge >= 0.3 is 0 Å². The molecule has 0 radical (unpaired) electrons. The monoisotopic (exact) mass is 124 g/mol. The van der Waals surface area contributed by atoms with E-state index in [9.17, 15) is 0 Å². The predicted molar refractivity (Wildman–Crippen MR) is 38.8 cm³/mol. The van der Waals surface area contributed by atoms with Crippen LogP contribution >= 0.6 is 0 Å². The third kappa shape index (κ3) is 2.34. The van der Waals surface area contributed by atoms with Gasteiger partial charge in [0.15, 0.2) is 0 Å². The van der Waals surface area contributed by atoms with Crippen molar-refractivity contribution >= 4 is 0 Å². The number of rotatable bonds is 2. The molecule has 0 aromatic rings. The van der Waals surface area contributed by atoms with Gasteiger partial charge in [-0.25, -0.2) is 0 Å². The highest BCUT2D eigenvalue weighted by Crippen LogP contribution is 2.10. The number of aliphatic hydroxyl groups excluding tert-OH is 1. The predicted octanol–water partition coefficient (Wildman–Crippen LogP) is 1.19. The quantitative estimate of drug-likeness (QED) is 0.548. The van der Waals surface area contributed by atoms with Gasteiger partial charge in [0.05, 0.1) is 6.10 Å². The van der Waals surface area contributed by atoms with Crippen LogP contribution in [0, 0.1) is 18.3 Å². The molecule has 0 aromatic carbocycles. The molecule has 0 aliphatic carbocycles. The van der Waals surface area contributed by atoms with Crippen molar-refractivity contribution in [3.8, 4) is 12.3 Å². The van der Waals surface area contributed by atoms with Crippen molar-refractivity contribution in [1.82, 2.24) is 0 Å². The van der Waals surface area contributed by atoms with Crippen LogP contribution in [0.1, 0.15) is 13.8 Å². The molecule has 0 saturated heterocycles. The summed E-state index contributed by atoms with van der Waals surface area (Å²) < 4.78 is 0. The highest BCUT2D eigenvalue weighted by atomic mass is 16.3. The molecule has 0 saturated carbocycles. The zero-order chi connectivity index (χ0) is 7.44. The molecule has 0 rings (SSSR count). The van der Waals surface area contributed by atoms with Crippen LogP contribution < -0.4 is 0 Å². The van der Waals surface area contributed by atoms with Crippen LogP contribution in [0.3, 0.4) is 0 Å². The van der Waals surface area contributed by atoms with E-state index in [2.05, 4.69) is 12.5 Å². The lowest BCUT2D eigenvalue weighted by molar-refractivity contribution is 0.154. The van der Waals surface area contributed by atoms with Crippen LogP contribution in [0.15, 0.2) is 12.2 Å². The Bertz CT molecular complexity index is 139. The van der Waals surface area contributed by atoms with Crippen LogP contribution in [0.2, 0.25) is 0 Å². The maximum atomic E-state index is 8.97. The highest BCUT2D eigenvalue weighted by molar-refractivity contribution is 5.24. The molecule has 0 spiro atoms. The van der Waals surface area contributed by atoms with Crippen LogP contribution in [-0.4, -0.2) is 11.2 Å². The van der Waals surface area contributed by atoms with Crippen LogP contribution in [-0.2, 0) is 0 Å². The Hall–Kier alpha value is -0.740. The standard InChI is InChI=1S/C8H12O/c1-5-6(2)7(3)8(4)9/h1,7-9H,2H2,3-4H3/t7-,8?/m1/s1. The summed E-state index contributed by atoms with van der Waals surface area (Å²) in [6.45, 7) is 7.15. The minimum absolute atomic E-state index is 0.00926. The van der Waals surface area contributed by atoms with Crippen LogP contribution in [0.4, 0.5) is 0 Å². The summed E-state index contributed by atoms with van der Waals surface area (Å²) in [5.74, 6) is 2.40. The normalized spacial score (nSPS) is 15.8. The summed E-state index contributed by atoms with van der Waals surface area (Å²) in [7, 11) is 0. The maximum Gasteiger partial charge on any atom is 0.0584 e. The molecule has 0 amide bonds. The average molecular weight is 124 g/mol. The summed E-state index contributed by atoms with van der Waals surface area (Å²) in [4.78, 5) is 0. The molecule has 0 heterocycles. The number of aliphatic hydroxyl groups is 1. The first-order valence-electron chi connectivity index (χ1n) is 2.93. The molecular weight excluding hydrogens is 112 g/mol. The van der Waals surface area contributed by atoms with Crippen molar-refractivity contribution in [2.75, 3.05) is 0 Å². The Morgan fingerprint density at radius 1 is 1.67 bits per heavy atom. The van der Waals surface area contributed by atoms with E-state index in [1.165, 1.54) is 0 Å². The minimum Gasteiger partial charge on any atom is -0.393 e. The zero-order valence-electron chi connectivity index (χ0n) is 5.89. The van der Waals surface area contributed by atoms with E-state index in [4.69, 9.17) is 11.5 Å². The molecule has 1 heteroatoms. The van der Waals surface area contributed by atoms with Gasteiger partial charge in [0.1, 0.15) is 0 Å². The van der Waals surface area contributed by atoms with Crippen molar-refractivity contribution in [3.63, 3.8) is 0 Å². The van der Waals surface area contributed by atoms with Gasteiger partial charge in [-0.3, -0.25) is 0 Å². The van der Waals surface area contributed by atoms with E-state index < -0.39 is 6.10 Å². The Morgan fingerprint density at radius 3 is 2.22 bits per heavy atom. The first-order valence-corrected chi connectivity index (χ1v) is 2.93. The first kappa shape index (κ1) is 8.26. The zero-order valence-corrected chi connectivity index (χ0v) is 5.89. The van der Waals surface area contributed by atoms with Gasteiger partial charge in [-0.15, -0.1) is 6.42 Å². The van der Waals surface area contributed by atoms with E-state index in [1.807, 2.05) is 6.92 Å². The van der Waals surface area contributed by atoms with Gasteiger partial charge in [-0.05, 0) is 12.5 Å². The fraction of sp³-hybridized carbons (Fsp3) is 0.500. The number of hydrogen-bond donors (Lipinski definition) is 1. The van der Waals surface area contributed by atoms with Crippen molar-refractivity contribution in [2.24, 2.45) is 5.92 Å². The molecule has 1 N–H and O–H groups in total. The lowest BCUT2D eigenvalue weighted by atomic mass is 9.98. The topological polar surface area (TPSA) is 20.2 Å². The van der Waals surface area contributed by atoms with E-state index in [-0.39, 0.29) is 5.92 Å². The van der Waals surface area contributed by atoms with Gasteiger partial charge in [0.2, 0.25) is 0 Å². The van der Waals surface area contributed by atoms with Gasteiger partial charge in [-0.1, -0.05) is 19.4 Å². The van der Waals surface area contributed by atoms with Crippen molar-refractivity contribution < 1.29 is 5.11 Å². The van der Waals surface area contributed by atoms with Gasteiger partial charge in [0, 0.05) is 5.92 Å². The lowest BCUT2D eigenvalue weighted by Gasteiger charge is -2.12. The number of hydrogen-bond acceptors (Lipinski definition) is 1. The molecule has 1 unspecified atom stereocenters. The minimum atomic E-state index is -0.395. The maximum absolute atomic E-state index is 8.97. The summed E-state index contributed by atoms with van der Waals surface area (Å²) in [5, 5.41) is 8.97. The summed E-state index contributed by atoms with van der Waals surface area (Å²) >= 11 is 0. The second kappa shape index (κ2) is 3.32. The summed E-state index contributed by atoms with van der Waals surface area (Å²) in [5.41, 5.74) is 0.657. The smallest absolute Gasteiger partial charge is 0.0584 e. The molecule has 0 aromatic heterocycles. The third-order valence-electron chi connectivity index (χ3n) is 1.46. The molecule has 2 atom stereocenters. The van der Waals surface area contributed by atoms with Crippen LogP contribution in [0.5, 0.6) is 0 Å². The Morgan fingerprint density at radius 2 is 2.11 bits per heavy atom. The third-order valence-corrected chi connectivity index (χ3v) is 1.46. The molecule has 0 aliphatic heterocycles. The molecule has 0 bridgehead atoms. The highest BCUT2D eigenvalue weighted by Gasteiger charge is 2.09. The lowest BCUT2D eigenvalue weighted by Crippen LogP contribution is -2.13. The molecule has 0 aliphatic rings. The van der Waals surface area contributed by atoms with Crippen molar-refractivity contribution in [1.29, 1.82) is 0 Å². The second-order valence-corrected chi connectivity index (χ2v) is 2.20. The van der Waals surface area contributed by atoms with E-state index >= 15 is 0 Å². The first-order chi connectivity index (χ1) is 4.09. The molecular formula is C8H12O. The largest absolute Gasteiger partial charge is 0.393 e. The van der Waals surface area contributed by atoms with E-state index in [0.717, 1.165) is 0 Å².